The highest BCUT2D eigenvalue weighted by Gasteiger charge is 2.85. The minimum absolute atomic E-state index is 0.0295. The molecule has 1 saturated heterocycles. The van der Waals surface area contributed by atoms with E-state index in [2.05, 4.69) is 34.6 Å². The molecule has 6 rings (SSSR count). The van der Waals surface area contributed by atoms with Crippen LogP contribution < -0.4 is 0 Å². The van der Waals surface area contributed by atoms with E-state index in [1.54, 1.807) is 0 Å². The van der Waals surface area contributed by atoms with Gasteiger partial charge in [-0.3, -0.25) is 4.79 Å². The van der Waals surface area contributed by atoms with Crippen molar-refractivity contribution in [1.82, 2.24) is 0 Å². The molecule has 6 aliphatic rings. The van der Waals surface area contributed by atoms with E-state index >= 15 is 0 Å². The van der Waals surface area contributed by atoms with Gasteiger partial charge >= 0.3 is 5.97 Å². The van der Waals surface area contributed by atoms with Crippen molar-refractivity contribution in [2.75, 3.05) is 6.61 Å². The van der Waals surface area contributed by atoms with Crippen molar-refractivity contribution in [3.8, 4) is 0 Å². The molecule has 11 nitrogen and oxygen atoms in total. The summed E-state index contributed by atoms with van der Waals surface area (Å²) in [6, 6.07) is 0. The van der Waals surface area contributed by atoms with Gasteiger partial charge in [0.05, 0.1) is 24.4 Å². The van der Waals surface area contributed by atoms with Crippen molar-refractivity contribution >= 4 is 5.97 Å². The molecule has 5 saturated carbocycles. The summed E-state index contributed by atoms with van der Waals surface area (Å²) < 4.78 is 18.9. The third kappa shape index (κ3) is 5.41. The highest BCUT2D eigenvalue weighted by atomic mass is 16.7. The largest absolute Gasteiger partial charge is 0.462 e. The predicted octanol–water partition coefficient (Wildman–Crippen LogP) is 2.67. The molecule has 0 bridgehead atoms. The molecule has 49 heavy (non-hydrogen) atoms. The van der Waals surface area contributed by atoms with E-state index in [4.69, 9.17) is 14.2 Å². The summed E-state index contributed by atoms with van der Waals surface area (Å²) in [4.78, 5) is 12.2. The Bertz CT molecular complexity index is 1250. The van der Waals surface area contributed by atoms with Crippen molar-refractivity contribution in [2.45, 2.75) is 174 Å². The Morgan fingerprint density at radius 2 is 1.61 bits per heavy atom. The van der Waals surface area contributed by atoms with Gasteiger partial charge in [-0.1, -0.05) is 34.6 Å². The van der Waals surface area contributed by atoms with Gasteiger partial charge in [-0.15, -0.1) is 0 Å². The van der Waals surface area contributed by atoms with Crippen molar-refractivity contribution in [2.24, 2.45) is 50.7 Å². The number of hydrogen-bond donors (Lipinski definition) is 7. The van der Waals surface area contributed by atoms with Gasteiger partial charge in [0, 0.05) is 17.8 Å². The van der Waals surface area contributed by atoms with Crippen LogP contribution in [-0.4, -0.2) is 109 Å². The highest BCUT2D eigenvalue weighted by Crippen LogP contribution is 2.91. The fourth-order valence-corrected chi connectivity index (χ4v) is 13.5. The van der Waals surface area contributed by atoms with Crippen LogP contribution in [0.5, 0.6) is 0 Å². The van der Waals surface area contributed by atoms with E-state index in [1.807, 2.05) is 0 Å². The lowest BCUT2D eigenvalue weighted by Crippen LogP contribution is -2.68. The summed E-state index contributed by atoms with van der Waals surface area (Å²) in [5.41, 5.74) is -2.24. The SMILES string of the molecule is CC(=O)OC1CC[C@@]2(C)C(CC(OC3OC(CO)C(O)C(O)C3O)[C@]3(C)C2CCC24CC23CC[C@H]4C(C)CC(O)[C@@H](O)C(C)(C)O)C1(C)C. The van der Waals surface area contributed by atoms with Crippen LogP contribution in [0.1, 0.15) is 113 Å². The van der Waals surface area contributed by atoms with E-state index in [-0.39, 0.29) is 56.9 Å². The van der Waals surface area contributed by atoms with Gasteiger partial charge in [0.25, 0.3) is 0 Å². The van der Waals surface area contributed by atoms with Crippen LogP contribution in [0.15, 0.2) is 0 Å². The molecule has 0 spiro atoms. The minimum atomic E-state index is -1.54. The number of aliphatic hydroxyl groups excluding tert-OH is 6. The minimum Gasteiger partial charge on any atom is -0.462 e. The van der Waals surface area contributed by atoms with Crippen LogP contribution in [-0.2, 0) is 19.0 Å². The van der Waals surface area contributed by atoms with Crippen molar-refractivity contribution in [3.05, 3.63) is 0 Å². The van der Waals surface area contributed by atoms with Crippen LogP contribution in [0.25, 0.3) is 0 Å². The monoisotopic (exact) mass is 696 g/mol. The first-order valence-electron chi connectivity index (χ1n) is 18.8. The third-order valence-corrected chi connectivity index (χ3v) is 15.9. The van der Waals surface area contributed by atoms with E-state index in [9.17, 15) is 40.5 Å². The highest BCUT2D eigenvalue weighted by molar-refractivity contribution is 5.66. The number of fused-ring (bicyclic) bond motifs is 3. The van der Waals surface area contributed by atoms with Gasteiger partial charge in [0.2, 0.25) is 0 Å². The van der Waals surface area contributed by atoms with Gasteiger partial charge in [-0.2, -0.15) is 0 Å². The van der Waals surface area contributed by atoms with Gasteiger partial charge in [-0.25, -0.2) is 0 Å². The number of carbonyl (C=O) groups excluding carboxylic acids is 1. The Morgan fingerprint density at radius 1 is 0.939 bits per heavy atom. The average Bonchev–Trinajstić information content (AvgIpc) is 3.58. The van der Waals surface area contributed by atoms with Crippen LogP contribution >= 0.6 is 0 Å². The molecule has 13 unspecified atom stereocenters. The maximum Gasteiger partial charge on any atom is 0.302 e. The molecular formula is C38H64O11. The Labute approximate surface area is 291 Å². The molecule has 1 aliphatic heterocycles. The fraction of sp³-hybridized carbons (Fsp3) is 0.974. The number of hydrogen-bond acceptors (Lipinski definition) is 11. The lowest BCUT2D eigenvalue weighted by atomic mass is 9.37. The molecule has 0 aromatic carbocycles. The lowest BCUT2D eigenvalue weighted by Gasteiger charge is -2.69. The maximum atomic E-state index is 12.2. The second-order valence-corrected chi connectivity index (χ2v) is 18.9. The Kier molecular flexibility index (Phi) is 9.53. The molecule has 0 radical (unpaired) electrons. The average molecular weight is 697 g/mol. The van der Waals surface area contributed by atoms with Gasteiger partial charge in [-0.05, 0) is 112 Å². The molecule has 0 aromatic rings. The second kappa shape index (κ2) is 12.3. The van der Waals surface area contributed by atoms with E-state index in [1.165, 1.54) is 20.8 Å². The summed E-state index contributed by atoms with van der Waals surface area (Å²) in [5.74, 6) is 0.513. The standard InChI is InChI=1S/C38H64O11/c1-19(15-22(41)31(45)34(5,6)46)21-9-14-38-18-37(21,38)13-10-24-35(7)12-11-26(47-20(2)40)33(3,4)25(35)16-27(36(24,38)8)49-32-30(44)29(43)28(42)23(17-39)48-32/h19,21-32,39,41-46H,9-18H2,1-8H3/t19?,21-,22?,23?,24?,25?,26?,27?,28?,29?,30?,31+,32?,35+,36-,37?,38?/m0/s1. The van der Waals surface area contributed by atoms with E-state index in [0.717, 1.165) is 44.9 Å². The molecule has 7 N–H and O–H groups in total. The summed E-state index contributed by atoms with van der Waals surface area (Å²) in [5, 5.41) is 74.4. The number of aliphatic hydroxyl groups is 7. The second-order valence-electron chi connectivity index (χ2n) is 18.9. The Hall–Kier alpha value is -0.890. The number of carbonyl (C=O) groups is 1. The van der Waals surface area contributed by atoms with Crippen molar-refractivity contribution < 1.29 is 54.8 Å². The molecule has 0 aromatic heterocycles. The molecular weight excluding hydrogens is 632 g/mol. The molecule has 0 amide bonds. The lowest BCUT2D eigenvalue weighted by molar-refractivity contribution is -0.344. The summed E-state index contributed by atoms with van der Waals surface area (Å²) in [6.07, 6.45) is -2.03. The van der Waals surface area contributed by atoms with E-state index < -0.39 is 61.2 Å². The quantitative estimate of drug-likeness (QED) is 0.139. The molecule has 5 aliphatic carbocycles. The van der Waals surface area contributed by atoms with Crippen LogP contribution in [0.4, 0.5) is 0 Å². The maximum absolute atomic E-state index is 12.2. The molecule has 6 fully saturated rings. The van der Waals surface area contributed by atoms with E-state index in [0.29, 0.717) is 18.8 Å². The fourth-order valence-electron chi connectivity index (χ4n) is 13.5. The zero-order chi connectivity index (χ0) is 36.3. The smallest absolute Gasteiger partial charge is 0.302 e. The Balaban J connectivity index is 1.36. The zero-order valence-electron chi connectivity index (χ0n) is 30.8. The molecule has 17 atom stereocenters. The van der Waals surface area contributed by atoms with Crippen molar-refractivity contribution in [1.29, 1.82) is 0 Å². The topological polar surface area (TPSA) is 186 Å². The van der Waals surface area contributed by atoms with Gasteiger partial charge in [0.1, 0.15) is 36.6 Å². The first kappa shape index (κ1) is 37.9. The number of ether oxygens (including phenoxy) is 3. The predicted molar refractivity (Wildman–Crippen MR) is 179 cm³/mol. The summed E-state index contributed by atoms with van der Waals surface area (Å²) >= 11 is 0. The van der Waals surface area contributed by atoms with Crippen molar-refractivity contribution in [3.63, 3.8) is 0 Å². The first-order valence-corrected chi connectivity index (χ1v) is 18.8. The summed E-state index contributed by atoms with van der Waals surface area (Å²) in [6.45, 7) is 15.3. The zero-order valence-corrected chi connectivity index (χ0v) is 30.8. The first-order chi connectivity index (χ1) is 22.6. The van der Waals surface area contributed by atoms with Crippen LogP contribution in [0.3, 0.4) is 0 Å². The van der Waals surface area contributed by atoms with Gasteiger partial charge < -0.3 is 50.0 Å². The summed E-state index contributed by atoms with van der Waals surface area (Å²) in [7, 11) is 0. The Morgan fingerprint density at radius 3 is 2.22 bits per heavy atom. The molecule has 282 valence electrons. The normalized spacial score (nSPS) is 50.6. The number of rotatable bonds is 9. The molecule has 1 heterocycles. The van der Waals surface area contributed by atoms with Crippen LogP contribution in [0.2, 0.25) is 0 Å². The number of esters is 1. The van der Waals surface area contributed by atoms with Gasteiger partial charge in [0.15, 0.2) is 6.29 Å². The third-order valence-electron chi connectivity index (χ3n) is 15.9. The van der Waals surface area contributed by atoms with Crippen LogP contribution in [0, 0.1) is 50.7 Å². The molecule has 11 heteroatoms.